The van der Waals surface area contributed by atoms with Crippen LogP contribution in [0.3, 0.4) is 0 Å². The summed E-state index contributed by atoms with van der Waals surface area (Å²) in [5.41, 5.74) is 3.40. The second-order valence-electron chi connectivity index (χ2n) is 7.59. The van der Waals surface area contributed by atoms with E-state index in [9.17, 15) is 0 Å². The van der Waals surface area contributed by atoms with Crippen LogP contribution >= 0.6 is 11.8 Å². The molecule has 2 saturated heterocycles. The monoisotopic (exact) mass is 318 g/mol. The largest absolute Gasteiger partial charge is 0.495 e. The van der Waals surface area contributed by atoms with Crippen LogP contribution in [-0.2, 0) is 9.31 Å². The Hall–Kier alpha value is -0.445. The summed E-state index contributed by atoms with van der Waals surface area (Å²) in [4.78, 5) is 0. The lowest BCUT2D eigenvalue weighted by atomic mass is 9.75. The minimum absolute atomic E-state index is 0.249. The number of rotatable bonds is 2. The van der Waals surface area contributed by atoms with Gasteiger partial charge < -0.3 is 9.31 Å². The van der Waals surface area contributed by atoms with E-state index in [-0.39, 0.29) is 18.3 Å². The Morgan fingerprint density at radius 2 is 1.64 bits per heavy atom. The summed E-state index contributed by atoms with van der Waals surface area (Å²) in [7, 11) is -0.249. The molecule has 0 N–H and O–H groups in total. The van der Waals surface area contributed by atoms with Gasteiger partial charge in [-0.3, -0.25) is 0 Å². The minimum Gasteiger partial charge on any atom is -0.399 e. The predicted octanol–water partition coefficient (Wildman–Crippen LogP) is 3.90. The van der Waals surface area contributed by atoms with Crippen molar-refractivity contribution in [3.05, 3.63) is 29.3 Å². The van der Waals surface area contributed by atoms with Gasteiger partial charge in [0.1, 0.15) is 0 Å². The lowest BCUT2D eigenvalue weighted by molar-refractivity contribution is 0.00578. The second kappa shape index (κ2) is 5.88. The summed E-state index contributed by atoms with van der Waals surface area (Å²) >= 11 is 2.08. The van der Waals surface area contributed by atoms with Crippen LogP contribution in [-0.4, -0.2) is 29.8 Å². The smallest absolute Gasteiger partial charge is 0.399 e. The van der Waals surface area contributed by atoms with Crippen molar-refractivity contribution in [2.75, 3.05) is 11.5 Å². The molecule has 0 aliphatic carbocycles. The SMILES string of the molecule is Cc1cc(C2CCSCC2)ccc1B1OC(C)(C)C(C)(C)O1. The van der Waals surface area contributed by atoms with Gasteiger partial charge in [-0.05, 0) is 75.9 Å². The van der Waals surface area contributed by atoms with Crippen molar-refractivity contribution in [2.45, 2.75) is 64.6 Å². The molecule has 1 aromatic rings. The summed E-state index contributed by atoms with van der Waals surface area (Å²) in [5, 5.41) is 0. The number of benzene rings is 1. The normalized spacial score (nSPS) is 24.7. The molecule has 0 spiro atoms. The highest BCUT2D eigenvalue weighted by atomic mass is 32.2. The molecule has 0 atom stereocenters. The molecule has 3 rings (SSSR count). The highest BCUT2D eigenvalue weighted by Crippen LogP contribution is 2.37. The third-order valence-electron chi connectivity index (χ3n) is 5.49. The molecule has 0 bridgehead atoms. The lowest BCUT2D eigenvalue weighted by Crippen LogP contribution is -2.41. The molecule has 2 nitrogen and oxygen atoms in total. The Labute approximate surface area is 139 Å². The van der Waals surface area contributed by atoms with Crippen LogP contribution in [0.25, 0.3) is 0 Å². The molecule has 0 aromatic heterocycles. The molecular formula is C18H27BO2S. The van der Waals surface area contributed by atoms with Crippen LogP contribution < -0.4 is 5.46 Å². The molecule has 2 fully saturated rings. The molecule has 120 valence electrons. The van der Waals surface area contributed by atoms with Crippen molar-refractivity contribution in [3.63, 3.8) is 0 Å². The lowest BCUT2D eigenvalue weighted by Gasteiger charge is -2.32. The van der Waals surface area contributed by atoms with Crippen LogP contribution in [0.5, 0.6) is 0 Å². The van der Waals surface area contributed by atoms with E-state index in [0.29, 0.717) is 0 Å². The van der Waals surface area contributed by atoms with Gasteiger partial charge in [0.15, 0.2) is 0 Å². The third kappa shape index (κ3) is 2.98. The predicted molar refractivity (Wildman–Crippen MR) is 96.2 cm³/mol. The highest BCUT2D eigenvalue weighted by Gasteiger charge is 2.52. The van der Waals surface area contributed by atoms with E-state index >= 15 is 0 Å². The zero-order valence-corrected chi connectivity index (χ0v) is 15.3. The third-order valence-corrected chi connectivity index (χ3v) is 6.54. The van der Waals surface area contributed by atoms with Crippen LogP contribution in [0.15, 0.2) is 18.2 Å². The van der Waals surface area contributed by atoms with Gasteiger partial charge >= 0.3 is 7.12 Å². The van der Waals surface area contributed by atoms with E-state index in [4.69, 9.17) is 9.31 Å². The number of hydrogen-bond acceptors (Lipinski definition) is 3. The van der Waals surface area contributed by atoms with Gasteiger partial charge in [0, 0.05) is 0 Å². The van der Waals surface area contributed by atoms with Crippen molar-refractivity contribution >= 4 is 24.3 Å². The van der Waals surface area contributed by atoms with Gasteiger partial charge in [-0.15, -0.1) is 0 Å². The van der Waals surface area contributed by atoms with E-state index in [1.54, 1.807) is 0 Å². The number of aryl methyl sites for hydroxylation is 1. The van der Waals surface area contributed by atoms with Crippen molar-refractivity contribution in [1.29, 1.82) is 0 Å². The van der Waals surface area contributed by atoms with Crippen molar-refractivity contribution in [2.24, 2.45) is 0 Å². The van der Waals surface area contributed by atoms with E-state index < -0.39 is 0 Å². The Balaban J connectivity index is 1.81. The van der Waals surface area contributed by atoms with Gasteiger partial charge in [0.2, 0.25) is 0 Å². The van der Waals surface area contributed by atoms with Gasteiger partial charge in [-0.1, -0.05) is 23.8 Å². The van der Waals surface area contributed by atoms with Crippen LogP contribution in [0, 0.1) is 6.92 Å². The molecule has 2 aliphatic rings. The Morgan fingerprint density at radius 3 is 2.18 bits per heavy atom. The first-order valence-electron chi connectivity index (χ1n) is 8.34. The molecule has 0 saturated carbocycles. The van der Waals surface area contributed by atoms with E-state index in [0.717, 1.165) is 5.92 Å². The summed E-state index contributed by atoms with van der Waals surface area (Å²) in [5.74, 6) is 3.32. The minimum atomic E-state index is -0.274. The summed E-state index contributed by atoms with van der Waals surface area (Å²) < 4.78 is 12.4. The zero-order chi connectivity index (χ0) is 16.0. The van der Waals surface area contributed by atoms with Crippen molar-refractivity contribution in [3.8, 4) is 0 Å². The maximum Gasteiger partial charge on any atom is 0.495 e. The molecule has 0 amide bonds. The summed E-state index contributed by atoms with van der Waals surface area (Å²) in [6.45, 7) is 10.6. The second-order valence-corrected chi connectivity index (χ2v) is 8.82. The zero-order valence-electron chi connectivity index (χ0n) is 14.4. The van der Waals surface area contributed by atoms with Gasteiger partial charge in [0.25, 0.3) is 0 Å². The summed E-state index contributed by atoms with van der Waals surface area (Å²) in [6, 6.07) is 6.85. The molecule has 0 radical (unpaired) electrons. The molecule has 1 aromatic carbocycles. The van der Waals surface area contributed by atoms with Gasteiger partial charge in [0.05, 0.1) is 11.2 Å². The maximum atomic E-state index is 6.19. The van der Waals surface area contributed by atoms with Gasteiger partial charge in [-0.2, -0.15) is 11.8 Å². The molecule has 22 heavy (non-hydrogen) atoms. The Bertz CT molecular complexity index is 534. The Morgan fingerprint density at radius 1 is 1.05 bits per heavy atom. The molecular weight excluding hydrogens is 291 g/mol. The van der Waals surface area contributed by atoms with Crippen LogP contribution in [0.4, 0.5) is 0 Å². The molecule has 2 aliphatic heterocycles. The molecule has 4 heteroatoms. The van der Waals surface area contributed by atoms with E-state index in [1.165, 1.54) is 40.9 Å². The Kier molecular flexibility index (Phi) is 4.39. The van der Waals surface area contributed by atoms with Crippen LogP contribution in [0.1, 0.15) is 57.6 Å². The fraction of sp³-hybridized carbons (Fsp3) is 0.667. The average Bonchev–Trinajstić information content (AvgIpc) is 2.68. The fourth-order valence-corrected chi connectivity index (χ4v) is 4.32. The molecule has 0 unspecified atom stereocenters. The van der Waals surface area contributed by atoms with Crippen molar-refractivity contribution < 1.29 is 9.31 Å². The number of thioether (sulfide) groups is 1. The fourth-order valence-electron chi connectivity index (χ4n) is 3.22. The first kappa shape index (κ1) is 16.4. The standard InChI is InChI=1S/C18H27BO2S/c1-13-12-15(14-8-10-22-11-9-14)6-7-16(13)19-20-17(2,3)18(4,5)21-19/h6-7,12,14H,8-11H2,1-5H3. The maximum absolute atomic E-state index is 6.19. The topological polar surface area (TPSA) is 18.5 Å². The highest BCUT2D eigenvalue weighted by molar-refractivity contribution is 7.99. The van der Waals surface area contributed by atoms with E-state index in [2.05, 4.69) is 64.6 Å². The van der Waals surface area contributed by atoms with E-state index in [1.807, 2.05) is 0 Å². The van der Waals surface area contributed by atoms with Crippen molar-refractivity contribution in [1.82, 2.24) is 0 Å². The quantitative estimate of drug-likeness (QED) is 0.771. The number of hydrogen-bond donors (Lipinski definition) is 0. The first-order chi connectivity index (χ1) is 10.3. The molecule has 2 heterocycles. The first-order valence-corrected chi connectivity index (χ1v) is 9.49. The van der Waals surface area contributed by atoms with Gasteiger partial charge in [-0.25, -0.2) is 0 Å². The van der Waals surface area contributed by atoms with Crippen LogP contribution in [0.2, 0.25) is 0 Å². The average molecular weight is 318 g/mol. The summed E-state index contributed by atoms with van der Waals surface area (Å²) in [6.07, 6.45) is 2.61.